The minimum absolute atomic E-state index is 0.00271. The van der Waals surface area contributed by atoms with Gasteiger partial charge in [0.2, 0.25) is 11.8 Å². The summed E-state index contributed by atoms with van der Waals surface area (Å²) in [7, 11) is 0. The minimum atomic E-state index is -1.09. The Labute approximate surface area is 171 Å². The summed E-state index contributed by atoms with van der Waals surface area (Å²) < 4.78 is 5.28. The molecule has 3 aliphatic heterocycles. The summed E-state index contributed by atoms with van der Waals surface area (Å²) in [6, 6.07) is 1.01. The molecule has 0 spiro atoms. The van der Waals surface area contributed by atoms with Crippen LogP contribution in [-0.4, -0.2) is 56.4 Å². The zero-order valence-corrected chi connectivity index (χ0v) is 16.3. The van der Waals surface area contributed by atoms with Gasteiger partial charge >= 0.3 is 11.9 Å². The quantitative estimate of drug-likeness (QED) is 0.296. The third-order valence-electron chi connectivity index (χ3n) is 6.40. The number of urea groups is 1. The number of hydrogen-bond acceptors (Lipinski definition) is 8. The molecule has 5 atom stereocenters. The van der Waals surface area contributed by atoms with Crippen LogP contribution in [0.2, 0.25) is 0 Å². The summed E-state index contributed by atoms with van der Waals surface area (Å²) in [6.45, 7) is 2.13. The Balaban J connectivity index is 1.70. The third kappa shape index (κ3) is 2.92. The number of imide groups is 3. The Hall–Kier alpha value is -3.05. The van der Waals surface area contributed by atoms with Crippen molar-refractivity contribution in [2.24, 2.45) is 23.5 Å². The number of nitrogens with two attached hydrogens (primary N) is 1. The third-order valence-corrected chi connectivity index (χ3v) is 6.40. The van der Waals surface area contributed by atoms with E-state index in [4.69, 9.17) is 10.2 Å². The first-order valence-electron chi connectivity index (χ1n) is 9.73. The molecule has 4 heterocycles. The molecular formula is C19H22N4O7. The largest absolute Gasteiger partial charge is 0.433 e. The lowest BCUT2D eigenvalue weighted by Crippen LogP contribution is -2.61. The molecule has 1 aromatic rings. The molecule has 1 aliphatic carbocycles. The monoisotopic (exact) mass is 418 g/mol. The van der Waals surface area contributed by atoms with Gasteiger partial charge in [-0.15, -0.1) is 0 Å². The Morgan fingerprint density at radius 3 is 2.57 bits per heavy atom. The normalized spacial score (nSPS) is 30.5. The van der Waals surface area contributed by atoms with E-state index >= 15 is 0 Å². The topological polar surface area (TPSA) is 160 Å². The minimum Gasteiger partial charge on any atom is -0.404 e. The van der Waals surface area contributed by atoms with Gasteiger partial charge in [-0.1, -0.05) is 11.6 Å². The van der Waals surface area contributed by atoms with E-state index in [9.17, 15) is 29.6 Å². The van der Waals surface area contributed by atoms with Crippen molar-refractivity contribution in [1.29, 1.82) is 0 Å². The summed E-state index contributed by atoms with van der Waals surface area (Å²) in [5, 5.41) is 20.1. The molecule has 5 unspecified atom stereocenters. The van der Waals surface area contributed by atoms with Gasteiger partial charge in [0.15, 0.2) is 0 Å². The van der Waals surface area contributed by atoms with Crippen LogP contribution in [0.25, 0.3) is 0 Å². The molecule has 30 heavy (non-hydrogen) atoms. The van der Waals surface area contributed by atoms with Crippen molar-refractivity contribution in [3.8, 4) is 0 Å². The molecular weight excluding hydrogens is 396 g/mol. The first-order chi connectivity index (χ1) is 14.3. The van der Waals surface area contributed by atoms with Crippen LogP contribution in [-0.2, 0) is 16.1 Å². The number of primary amides is 1. The van der Waals surface area contributed by atoms with Gasteiger partial charge in [-0.05, 0) is 25.8 Å². The second kappa shape index (κ2) is 7.33. The Morgan fingerprint density at radius 2 is 1.97 bits per heavy atom. The van der Waals surface area contributed by atoms with E-state index < -0.39 is 40.6 Å². The second-order valence-electron chi connectivity index (χ2n) is 7.90. The molecule has 1 aromatic heterocycles. The highest BCUT2D eigenvalue weighted by Gasteiger charge is 2.63. The van der Waals surface area contributed by atoms with Gasteiger partial charge in [-0.2, -0.15) is 4.90 Å². The van der Waals surface area contributed by atoms with E-state index in [-0.39, 0.29) is 31.0 Å². The van der Waals surface area contributed by atoms with E-state index in [0.717, 1.165) is 5.57 Å². The average molecular weight is 418 g/mol. The first kappa shape index (κ1) is 20.2. The first-order valence-corrected chi connectivity index (χ1v) is 9.73. The van der Waals surface area contributed by atoms with Gasteiger partial charge in [0, 0.05) is 24.6 Å². The number of rotatable bonds is 6. The second-order valence-corrected chi connectivity index (χ2v) is 7.90. The highest BCUT2D eigenvalue weighted by molar-refractivity contribution is 6.17. The maximum atomic E-state index is 12.9. The number of aliphatic hydroxyl groups excluding tert-OH is 1. The number of aliphatic hydroxyl groups is 1. The van der Waals surface area contributed by atoms with Crippen LogP contribution in [0.4, 0.5) is 10.7 Å². The molecule has 4 amide bonds. The zero-order valence-electron chi connectivity index (χ0n) is 16.3. The average Bonchev–Trinajstić information content (AvgIpc) is 3.26. The molecule has 2 fully saturated rings. The molecule has 2 bridgehead atoms. The van der Waals surface area contributed by atoms with Gasteiger partial charge in [0.1, 0.15) is 10.7 Å². The molecule has 11 heteroatoms. The van der Waals surface area contributed by atoms with Crippen molar-refractivity contribution in [2.45, 2.75) is 38.4 Å². The molecule has 3 N–H and O–H groups in total. The van der Waals surface area contributed by atoms with Gasteiger partial charge in [0.05, 0.1) is 24.4 Å². The van der Waals surface area contributed by atoms with Crippen molar-refractivity contribution in [3.63, 3.8) is 0 Å². The molecule has 5 rings (SSSR count). The number of carbonyl (C=O) groups is 3. The molecule has 2 saturated heterocycles. The van der Waals surface area contributed by atoms with Crippen LogP contribution in [0.15, 0.2) is 28.2 Å². The van der Waals surface area contributed by atoms with E-state index in [1.807, 2.05) is 17.9 Å². The van der Waals surface area contributed by atoms with Crippen LogP contribution < -0.4 is 5.73 Å². The summed E-state index contributed by atoms with van der Waals surface area (Å²) >= 11 is 0. The van der Waals surface area contributed by atoms with Gasteiger partial charge in [-0.3, -0.25) is 24.6 Å². The molecule has 0 saturated carbocycles. The van der Waals surface area contributed by atoms with Crippen LogP contribution >= 0.6 is 0 Å². The Kier molecular flexibility index (Phi) is 4.94. The number of hydrogen-bond donors (Lipinski definition) is 2. The van der Waals surface area contributed by atoms with Gasteiger partial charge in [0.25, 0.3) is 0 Å². The SMILES string of the molecule is CC1C2C(CCCO)=CC(C3C(=O)N(C(N)=O)C(=O)C23)N1Cc1ccc([N+](=O)[O-])o1. The lowest BCUT2D eigenvalue weighted by molar-refractivity contribution is -0.402. The van der Waals surface area contributed by atoms with Crippen LogP contribution in [0, 0.1) is 27.9 Å². The lowest BCUT2D eigenvalue weighted by atomic mass is 9.62. The molecule has 4 aliphatic rings. The summed E-state index contributed by atoms with van der Waals surface area (Å²) in [5.74, 6) is -2.98. The fourth-order valence-electron chi connectivity index (χ4n) is 5.23. The predicted octanol–water partition coefficient (Wildman–Crippen LogP) is 0.769. The fraction of sp³-hybridized carbons (Fsp3) is 0.526. The maximum Gasteiger partial charge on any atom is 0.433 e. The molecule has 0 radical (unpaired) electrons. The van der Waals surface area contributed by atoms with E-state index in [1.54, 1.807) is 0 Å². The van der Waals surface area contributed by atoms with Crippen molar-refractivity contribution in [3.05, 3.63) is 39.7 Å². The molecule has 160 valence electrons. The van der Waals surface area contributed by atoms with Crippen LogP contribution in [0.5, 0.6) is 0 Å². The van der Waals surface area contributed by atoms with Crippen molar-refractivity contribution in [2.75, 3.05) is 6.61 Å². The number of fused-ring (bicyclic) bond motifs is 1. The lowest BCUT2D eigenvalue weighted by Gasteiger charge is -2.53. The zero-order chi connectivity index (χ0) is 21.7. The standard InChI is InChI=1S/C19H22N4O7/c1-9-14-10(3-2-6-24)7-12(15-16(14)18(26)22(17(15)25)19(20)27)21(9)8-11-4-5-13(30-11)23(28)29/h4-5,7,9,12,14-16,24H,2-3,6,8H2,1H3,(H2,20,27). The predicted molar refractivity (Wildman–Crippen MR) is 100 cm³/mol. The number of likely N-dealkylation sites (tertiary alicyclic amines) is 1. The van der Waals surface area contributed by atoms with E-state index in [2.05, 4.69) is 0 Å². The molecule has 11 nitrogen and oxygen atoms in total. The van der Waals surface area contributed by atoms with Gasteiger partial charge in [-0.25, -0.2) is 4.79 Å². The maximum absolute atomic E-state index is 12.9. The van der Waals surface area contributed by atoms with Crippen molar-refractivity contribution >= 4 is 23.7 Å². The van der Waals surface area contributed by atoms with E-state index in [1.165, 1.54) is 12.1 Å². The number of furan rings is 1. The fourth-order valence-corrected chi connectivity index (χ4v) is 5.23. The van der Waals surface area contributed by atoms with Crippen LogP contribution in [0.3, 0.4) is 0 Å². The highest BCUT2D eigenvalue weighted by atomic mass is 16.6. The number of amides is 4. The summed E-state index contributed by atoms with van der Waals surface area (Å²) in [5.41, 5.74) is 6.26. The summed E-state index contributed by atoms with van der Waals surface area (Å²) in [4.78, 5) is 50.3. The number of carbonyl (C=O) groups excluding carboxylic acids is 3. The number of nitrogens with zero attached hydrogens (tertiary/aromatic N) is 3. The van der Waals surface area contributed by atoms with E-state index in [0.29, 0.717) is 23.5 Å². The van der Waals surface area contributed by atoms with Gasteiger partial charge < -0.3 is 15.3 Å². The highest BCUT2D eigenvalue weighted by Crippen LogP contribution is 2.52. The Morgan fingerprint density at radius 1 is 1.27 bits per heavy atom. The van der Waals surface area contributed by atoms with Crippen molar-refractivity contribution < 1.29 is 28.8 Å². The molecule has 0 aromatic carbocycles. The number of piperidine rings is 1. The smallest absolute Gasteiger partial charge is 0.404 e. The number of nitro groups is 1. The van der Waals surface area contributed by atoms with Crippen LogP contribution in [0.1, 0.15) is 25.5 Å². The Bertz CT molecular complexity index is 954. The van der Waals surface area contributed by atoms with Crippen molar-refractivity contribution in [1.82, 2.24) is 9.80 Å². The summed E-state index contributed by atoms with van der Waals surface area (Å²) in [6.07, 6.45) is 3.02.